The van der Waals surface area contributed by atoms with Crippen molar-refractivity contribution in [3.8, 4) is 22.3 Å². The second-order valence-corrected chi connectivity index (χ2v) is 17.4. The average Bonchev–Trinajstić information content (AvgIpc) is 3.18. The fourth-order valence-electron chi connectivity index (χ4n) is 6.58. The lowest BCUT2D eigenvalue weighted by atomic mass is 9.82. The summed E-state index contributed by atoms with van der Waals surface area (Å²) in [6, 6.07) is 22.5. The molecule has 0 aliphatic heterocycles. The van der Waals surface area contributed by atoms with E-state index in [4.69, 9.17) is 43.1 Å². The molecule has 0 radical (unpaired) electrons. The van der Waals surface area contributed by atoms with Gasteiger partial charge in [0.15, 0.2) is 0 Å². The predicted octanol–water partition coefficient (Wildman–Crippen LogP) is 10.6. The molecule has 61 heavy (non-hydrogen) atoms. The zero-order chi connectivity index (χ0) is 45.5. The molecule has 0 aromatic heterocycles. The monoisotopic (exact) mass is 886 g/mol. The van der Waals surface area contributed by atoms with Crippen LogP contribution in [0.1, 0.15) is 72.4 Å². The van der Waals surface area contributed by atoms with Gasteiger partial charge in [0.1, 0.15) is 17.2 Å². The van der Waals surface area contributed by atoms with Crippen molar-refractivity contribution < 1.29 is 47.6 Å². The minimum atomic E-state index is -1.21. The molecule has 0 bridgehead atoms. The summed E-state index contributed by atoms with van der Waals surface area (Å²) < 4.78 is 44.3. The first kappa shape index (κ1) is 50.8. The van der Waals surface area contributed by atoms with E-state index in [-0.39, 0.29) is 37.3 Å². The quantitative estimate of drug-likeness (QED) is 0.0719. The number of nitrogens with one attached hydrogen (secondary N) is 1. The molecule has 332 valence electrons. The number of carbonyl (C=O) groups excluding carboxylic acids is 1. The van der Waals surface area contributed by atoms with E-state index in [0.29, 0.717) is 59.2 Å². The molecular formula is C47H58Cl2F2N2O8. The highest BCUT2D eigenvalue weighted by Gasteiger charge is 2.38. The van der Waals surface area contributed by atoms with Crippen LogP contribution in [0.5, 0.6) is 0 Å². The normalized spacial score (nSPS) is 14.4. The van der Waals surface area contributed by atoms with Gasteiger partial charge in [-0.3, -0.25) is 9.59 Å². The van der Waals surface area contributed by atoms with Crippen LogP contribution in [0.4, 0.5) is 13.6 Å². The van der Waals surface area contributed by atoms with Gasteiger partial charge in [-0.25, -0.2) is 13.6 Å². The summed E-state index contributed by atoms with van der Waals surface area (Å²) >= 11 is 12.0. The van der Waals surface area contributed by atoms with E-state index in [1.807, 2.05) is 43.3 Å². The Hall–Kier alpha value is -4.59. The molecule has 4 aromatic rings. The Morgan fingerprint density at radius 3 is 1.48 bits per heavy atom. The Balaban J connectivity index is 0.000000334. The molecule has 0 unspecified atom stereocenters. The second-order valence-electron chi connectivity index (χ2n) is 16.6. The molecule has 1 amide bonds. The Kier molecular flexibility index (Phi) is 19.2. The smallest absolute Gasteiger partial charge is 0.407 e. The number of ether oxygens (including phenoxy) is 3. The van der Waals surface area contributed by atoms with Crippen molar-refractivity contribution in [3.05, 3.63) is 118 Å². The second kappa shape index (κ2) is 23.0. The number of amides is 1. The molecule has 0 heterocycles. The van der Waals surface area contributed by atoms with E-state index in [9.17, 15) is 33.4 Å². The van der Waals surface area contributed by atoms with Crippen LogP contribution in [0.15, 0.2) is 84.9 Å². The maximum atomic E-state index is 14.2. The van der Waals surface area contributed by atoms with Crippen molar-refractivity contribution in [3.63, 3.8) is 0 Å². The Bertz CT molecular complexity index is 2060. The first-order valence-electron chi connectivity index (χ1n) is 20.0. The van der Waals surface area contributed by atoms with Crippen LogP contribution >= 0.6 is 23.2 Å². The van der Waals surface area contributed by atoms with Crippen molar-refractivity contribution in [2.75, 3.05) is 26.4 Å². The molecule has 0 fully saturated rings. The minimum absolute atomic E-state index is 0.0122. The number of benzene rings is 4. The number of halogens is 4. The summed E-state index contributed by atoms with van der Waals surface area (Å²) in [5.74, 6) is -2.64. The third-order valence-corrected chi connectivity index (χ3v) is 10.2. The van der Waals surface area contributed by atoms with Gasteiger partial charge in [0.25, 0.3) is 0 Å². The molecule has 5 N–H and O–H groups in total. The first-order chi connectivity index (χ1) is 28.6. The van der Waals surface area contributed by atoms with Gasteiger partial charge in [-0.15, -0.1) is 0 Å². The molecule has 0 aliphatic rings. The number of carboxylic acids is 2. The van der Waals surface area contributed by atoms with Gasteiger partial charge in [0.05, 0.1) is 24.0 Å². The third kappa shape index (κ3) is 16.3. The summed E-state index contributed by atoms with van der Waals surface area (Å²) in [6.45, 7) is 13.1. The Morgan fingerprint density at radius 1 is 0.672 bits per heavy atom. The molecule has 4 atom stereocenters. The molecule has 4 rings (SSSR count). The van der Waals surface area contributed by atoms with E-state index in [1.54, 1.807) is 65.8 Å². The standard InChI is InChI=1S/C26H33ClFNO5.C21H25ClFNO3/c1-6-33-16-26(5,23(30)31)15-20(29-24(32)34-25(2,3)4)13-17-7-9-18(10-8-17)21-14-19(27)11-12-22(21)28;1-3-27-13-21(2,20(25)26)12-17(24)10-14-4-6-15(7-5-14)18-11-16(22)8-9-19(18)23/h7-12,14,20H,6,13,15-16H2,1-5H3,(H,29,32)(H,30,31);4-9,11,17H,3,10,12-13,24H2,1-2H3,(H,25,26)/t20-,26+;17-,21+/m11/s1. The number of hydrogen-bond acceptors (Lipinski definition) is 7. The SMILES string of the molecule is CCOC[C@](C)(C[C@@H](Cc1ccc(-c2cc(Cl)ccc2F)cc1)NC(=O)OC(C)(C)C)C(=O)O.CCOC[C@](C)(C[C@H](N)Cc1ccc(-c2cc(Cl)ccc2F)cc1)C(=O)O. The van der Waals surface area contributed by atoms with E-state index in [1.165, 1.54) is 24.3 Å². The number of aliphatic carboxylic acids is 2. The lowest BCUT2D eigenvalue weighted by Crippen LogP contribution is -2.46. The number of rotatable bonds is 19. The Morgan fingerprint density at radius 2 is 1.08 bits per heavy atom. The number of carbonyl (C=O) groups is 3. The largest absolute Gasteiger partial charge is 0.481 e. The molecule has 10 nitrogen and oxygen atoms in total. The highest BCUT2D eigenvalue weighted by Crippen LogP contribution is 2.31. The van der Waals surface area contributed by atoms with Crippen LogP contribution in [0.2, 0.25) is 10.0 Å². The van der Waals surface area contributed by atoms with Crippen LogP contribution in [0, 0.1) is 22.5 Å². The van der Waals surface area contributed by atoms with Crippen LogP contribution < -0.4 is 11.1 Å². The summed E-state index contributed by atoms with van der Waals surface area (Å²) in [5, 5.41) is 23.1. The predicted molar refractivity (Wildman–Crippen MR) is 236 cm³/mol. The molecule has 0 spiro atoms. The first-order valence-corrected chi connectivity index (χ1v) is 20.8. The van der Waals surface area contributed by atoms with Gasteiger partial charge in [-0.05, 0) is 133 Å². The number of hydrogen-bond donors (Lipinski definition) is 4. The zero-order valence-electron chi connectivity index (χ0n) is 35.8. The molecular weight excluding hydrogens is 829 g/mol. The van der Waals surface area contributed by atoms with E-state index in [0.717, 1.165) is 16.7 Å². The zero-order valence-corrected chi connectivity index (χ0v) is 37.3. The van der Waals surface area contributed by atoms with Gasteiger partial charge in [-0.1, -0.05) is 71.7 Å². The van der Waals surface area contributed by atoms with E-state index < -0.39 is 40.5 Å². The van der Waals surface area contributed by atoms with Crippen LogP contribution in [0.3, 0.4) is 0 Å². The maximum absolute atomic E-state index is 14.2. The van der Waals surface area contributed by atoms with Crippen molar-refractivity contribution in [1.82, 2.24) is 5.32 Å². The topological polar surface area (TPSA) is 157 Å². The average molecular weight is 888 g/mol. The minimum Gasteiger partial charge on any atom is -0.481 e. The van der Waals surface area contributed by atoms with Crippen molar-refractivity contribution in [1.29, 1.82) is 0 Å². The summed E-state index contributed by atoms with van der Waals surface area (Å²) in [6.07, 6.45) is 0.679. The van der Waals surface area contributed by atoms with E-state index >= 15 is 0 Å². The van der Waals surface area contributed by atoms with Gasteiger partial charge >= 0.3 is 18.0 Å². The van der Waals surface area contributed by atoms with Crippen LogP contribution in [-0.4, -0.2) is 72.4 Å². The van der Waals surface area contributed by atoms with Gasteiger partial charge in [0, 0.05) is 46.5 Å². The van der Waals surface area contributed by atoms with E-state index in [2.05, 4.69) is 5.32 Å². The van der Waals surface area contributed by atoms with Crippen molar-refractivity contribution >= 4 is 41.2 Å². The Labute approximate surface area is 367 Å². The molecule has 0 saturated heterocycles. The maximum Gasteiger partial charge on any atom is 0.407 e. The third-order valence-electron chi connectivity index (χ3n) is 9.78. The molecule has 14 heteroatoms. The van der Waals surface area contributed by atoms with Gasteiger partial charge < -0.3 is 35.5 Å². The van der Waals surface area contributed by atoms with Crippen LogP contribution in [-0.2, 0) is 36.6 Å². The lowest BCUT2D eigenvalue weighted by molar-refractivity contribution is -0.153. The van der Waals surface area contributed by atoms with Gasteiger partial charge in [0.2, 0.25) is 0 Å². The summed E-state index contributed by atoms with van der Waals surface area (Å²) in [4.78, 5) is 36.1. The number of alkyl carbamates (subject to hydrolysis) is 1. The lowest BCUT2D eigenvalue weighted by Gasteiger charge is -2.30. The highest BCUT2D eigenvalue weighted by molar-refractivity contribution is 6.31. The van der Waals surface area contributed by atoms with Crippen molar-refractivity contribution in [2.45, 2.75) is 91.8 Å². The molecule has 0 saturated carbocycles. The number of carboxylic acid groups (broad SMARTS) is 2. The fraction of sp³-hybridized carbons (Fsp3) is 0.426. The molecule has 0 aliphatic carbocycles. The number of nitrogens with two attached hydrogens (primary N) is 1. The molecule has 4 aromatic carbocycles. The highest BCUT2D eigenvalue weighted by atomic mass is 35.5. The summed E-state index contributed by atoms with van der Waals surface area (Å²) in [7, 11) is 0. The fourth-order valence-corrected chi connectivity index (χ4v) is 6.92. The van der Waals surface area contributed by atoms with Crippen LogP contribution in [0.25, 0.3) is 22.3 Å². The van der Waals surface area contributed by atoms with Crippen molar-refractivity contribution in [2.24, 2.45) is 16.6 Å². The van der Waals surface area contributed by atoms with Gasteiger partial charge in [-0.2, -0.15) is 0 Å². The summed E-state index contributed by atoms with van der Waals surface area (Å²) in [5.41, 5.74) is 7.27.